The summed E-state index contributed by atoms with van der Waals surface area (Å²) in [5.41, 5.74) is 9.63. The maximum absolute atomic E-state index is 6.01. The predicted octanol–water partition coefficient (Wildman–Crippen LogP) is 3.59. The normalized spacial score (nSPS) is 28.1. The molecule has 2 atom stereocenters. The molecule has 1 saturated carbocycles. The molecular weight excluding hydrogens is 232 g/mol. The van der Waals surface area contributed by atoms with E-state index < -0.39 is 0 Å². The van der Waals surface area contributed by atoms with Gasteiger partial charge < -0.3 is 5.73 Å². The number of hydrogen-bond acceptors (Lipinski definition) is 2. The minimum atomic E-state index is 0.935. The van der Waals surface area contributed by atoms with Gasteiger partial charge in [-0.2, -0.15) is 0 Å². The monoisotopic (exact) mass is 258 g/mol. The van der Waals surface area contributed by atoms with Crippen LogP contribution in [-0.2, 0) is 6.54 Å². The Kier molecular flexibility index (Phi) is 3.79. The molecule has 1 aliphatic carbocycles. The summed E-state index contributed by atoms with van der Waals surface area (Å²) in [6.07, 6.45) is 7.26. The second kappa shape index (κ2) is 5.54. The number of fused-ring (bicyclic) bond motifs is 1. The van der Waals surface area contributed by atoms with Crippen molar-refractivity contribution < 1.29 is 0 Å². The molecule has 0 amide bonds. The first-order valence-electron chi connectivity index (χ1n) is 7.80. The molecule has 2 fully saturated rings. The molecule has 1 aromatic rings. The summed E-state index contributed by atoms with van der Waals surface area (Å²) in [4.78, 5) is 2.65. The largest absolute Gasteiger partial charge is 0.399 e. The fraction of sp³-hybridized carbons (Fsp3) is 0.647. The molecule has 2 unspecified atom stereocenters. The third-order valence-electron chi connectivity index (χ3n) is 5.26. The number of hydrogen-bond donors (Lipinski definition) is 1. The fourth-order valence-electron chi connectivity index (χ4n) is 3.94. The maximum atomic E-state index is 6.01. The van der Waals surface area contributed by atoms with Crippen LogP contribution in [0, 0.1) is 18.8 Å². The minimum Gasteiger partial charge on any atom is -0.399 e. The summed E-state index contributed by atoms with van der Waals surface area (Å²) >= 11 is 0. The number of piperidine rings is 1. The van der Waals surface area contributed by atoms with E-state index in [4.69, 9.17) is 5.73 Å². The molecule has 3 rings (SSSR count). The number of nitrogen functional groups attached to an aromatic ring is 1. The predicted molar refractivity (Wildman–Crippen MR) is 80.9 cm³/mol. The summed E-state index contributed by atoms with van der Waals surface area (Å²) in [6.45, 7) is 5.81. The van der Waals surface area contributed by atoms with Gasteiger partial charge in [0.15, 0.2) is 0 Å². The highest BCUT2D eigenvalue weighted by molar-refractivity contribution is 5.49. The van der Waals surface area contributed by atoms with Crippen LogP contribution in [0.1, 0.15) is 43.2 Å². The first kappa shape index (κ1) is 13.0. The number of anilines is 1. The highest BCUT2D eigenvalue weighted by Gasteiger charge is 2.30. The number of nitrogens with two attached hydrogens (primary N) is 1. The summed E-state index contributed by atoms with van der Waals surface area (Å²) in [6, 6.07) is 6.33. The number of nitrogens with zero attached hydrogens (tertiary/aromatic N) is 1. The van der Waals surface area contributed by atoms with E-state index >= 15 is 0 Å². The van der Waals surface area contributed by atoms with Crippen molar-refractivity contribution in [2.75, 3.05) is 18.8 Å². The van der Waals surface area contributed by atoms with Crippen molar-refractivity contribution >= 4 is 5.69 Å². The van der Waals surface area contributed by atoms with E-state index in [9.17, 15) is 0 Å². The van der Waals surface area contributed by atoms with Gasteiger partial charge in [-0.3, -0.25) is 4.90 Å². The van der Waals surface area contributed by atoms with Crippen molar-refractivity contribution in [3.05, 3.63) is 29.3 Å². The lowest BCUT2D eigenvalue weighted by molar-refractivity contribution is 0.0819. The van der Waals surface area contributed by atoms with Crippen molar-refractivity contribution in [2.24, 2.45) is 11.8 Å². The third kappa shape index (κ3) is 2.79. The Bertz CT molecular complexity index is 441. The average Bonchev–Trinajstić information content (AvgIpc) is 2.44. The van der Waals surface area contributed by atoms with Gasteiger partial charge in [0, 0.05) is 18.8 Å². The van der Waals surface area contributed by atoms with Crippen molar-refractivity contribution in [1.82, 2.24) is 4.90 Å². The molecule has 19 heavy (non-hydrogen) atoms. The topological polar surface area (TPSA) is 29.3 Å². The second-order valence-electron chi connectivity index (χ2n) is 6.46. The molecule has 104 valence electrons. The van der Waals surface area contributed by atoms with Gasteiger partial charge in [0.1, 0.15) is 0 Å². The zero-order valence-corrected chi connectivity index (χ0v) is 12.1. The fourth-order valence-corrected chi connectivity index (χ4v) is 3.94. The smallest absolute Gasteiger partial charge is 0.0346 e. The zero-order chi connectivity index (χ0) is 13.2. The first-order valence-corrected chi connectivity index (χ1v) is 7.80. The van der Waals surface area contributed by atoms with Crippen molar-refractivity contribution in [3.63, 3.8) is 0 Å². The Morgan fingerprint density at radius 1 is 1.16 bits per heavy atom. The van der Waals surface area contributed by atoms with Gasteiger partial charge >= 0.3 is 0 Å². The lowest BCUT2D eigenvalue weighted by atomic mass is 9.75. The van der Waals surface area contributed by atoms with Gasteiger partial charge in [0.2, 0.25) is 0 Å². The molecule has 1 aliphatic heterocycles. The molecule has 2 N–H and O–H groups in total. The third-order valence-corrected chi connectivity index (χ3v) is 5.26. The van der Waals surface area contributed by atoms with Crippen LogP contribution in [0.3, 0.4) is 0 Å². The van der Waals surface area contributed by atoms with Crippen LogP contribution in [0.2, 0.25) is 0 Å². The highest BCUT2D eigenvalue weighted by atomic mass is 15.1. The lowest BCUT2D eigenvalue weighted by Gasteiger charge is -2.41. The number of benzene rings is 1. The van der Waals surface area contributed by atoms with E-state index in [1.54, 1.807) is 0 Å². The van der Waals surface area contributed by atoms with E-state index in [0.717, 1.165) is 24.1 Å². The first-order chi connectivity index (χ1) is 9.24. The van der Waals surface area contributed by atoms with E-state index in [1.807, 2.05) is 6.07 Å². The molecule has 0 radical (unpaired) electrons. The summed E-state index contributed by atoms with van der Waals surface area (Å²) < 4.78 is 0. The van der Waals surface area contributed by atoms with Crippen LogP contribution in [0.4, 0.5) is 5.69 Å². The summed E-state index contributed by atoms with van der Waals surface area (Å²) in [5, 5.41) is 0. The van der Waals surface area contributed by atoms with Crippen LogP contribution in [0.15, 0.2) is 18.2 Å². The number of likely N-dealkylation sites (tertiary alicyclic amines) is 1. The van der Waals surface area contributed by atoms with Crippen molar-refractivity contribution in [2.45, 2.75) is 45.6 Å². The molecule has 1 heterocycles. The maximum Gasteiger partial charge on any atom is 0.0346 e. The Balaban J connectivity index is 1.66. The minimum absolute atomic E-state index is 0.935. The second-order valence-corrected chi connectivity index (χ2v) is 6.46. The Labute approximate surface area is 117 Å². The van der Waals surface area contributed by atoms with Gasteiger partial charge in [-0.15, -0.1) is 0 Å². The standard InChI is InChI=1S/C17H26N2/c1-13-15(7-4-8-17(13)18)11-19-10-9-14-5-2-3-6-16(14)12-19/h4,7-8,14,16H,2-3,5-6,9-12,18H2,1H3. The van der Waals surface area contributed by atoms with Gasteiger partial charge in [0.25, 0.3) is 0 Å². The molecule has 0 aromatic heterocycles. The molecule has 0 spiro atoms. The van der Waals surface area contributed by atoms with E-state index in [0.29, 0.717) is 0 Å². The lowest BCUT2D eigenvalue weighted by Crippen LogP contribution is -2.41. The van der Waals surface area contributed by atoms with Crippen LogP contribution in [0.25, 0.3) is 0 Å². The van der Waals surface area contributed by atoms with Gasteiger partial charge in [0.05, 0.1) is 0 Å². The molecule has 0 bridgehead atoms. The summed E-state index contributed by atoms with van der Waals surface area (Å²) in [7, 11) is 0. The molecular formula is C17H26N2. The van der Waals surface area contributed by atoms with E-state index in [2.05, 4.69) is 24.0 Å². The van der Waals surface area contributed by atoms with Crippen molar-refractivity contribution in [1.29, 1.82) is 0 Å². The van der Waals surface area contributed by atoms with Crippen molar-refractivity contribution in [3.8, 4) is 0 Å². The van der Waals surface area contributed by atoms with Crippen LogP contribution in [0.5, 0.6) is 0 Å². The van der Waals surface area contributed by atoms with E-state index in [1.165, 1.54) is 56.3 Å². The van der Waals surface area contributed by atoms with Crippen LogP contribution < -0.4 is 5.73 Å². The zero-order valence-electron chi connectivity index (χ0n) is 12.1. The average molecular weight is 258 g/mol. The van der Waals surface area contributed by atoms with Gasteiger partial charge in [-0.25, -0.2) is 0 Å². The Morgan fingerprint density at radius 3 is 2.79 bits per heavy atom. The quantitative estimate of drug-likeness (QED) is 0.821. The van der Waals surface area contributed by atoms with Gasteiger partial charge in [-0.05, 0) is 55.3 Å². The molecule has 1 aromatic carbocycles. The number of rotatable bonds is 2. The van der Waals surface area contributed by atoms with Crippen LogP contribution >= 0.6 is 0 Å². The summed E-state index contributed by atoms with van der Waals surface area (Å²) in [5.74, 6) is 1.98. The molecule has 2 nitrogen and oxygen atoms in total. The molecule has 2 aliphatic rings. The van der Waals surface area contributed by atoms with E-state index in [-0.39, 0.29) is 0 Å². The Morgan fingerprint density at radius 2 is 1.95 bits per heavy atom. The Hall–Kier alpha value is -1.02. The molecule has 1 saturated heterocycles. The van der Waals surface area contributed by atoms with Gasteiger partial charge in [-0.1, -0.05) is 31.4 Å². The highest BCUT2D eigenvalue weighted by Crippen LogP contribution is 2.36. The molecule has 2 heteroatoms. The SMILES string of the molecule is Cc1c(N)cccc1CN1CCC2CCCCC2C1. The van der Waals surface area contributed by atoms with Crippen LogP contribution in [-0.4, -0.2) is 18.0 Å².